The summed E-state index contributed by atoms with van der Waals surface area (Å²) in [4.78, 5) is 36.0. The molecule has 2 heterocycles. The maximum atomic E-state index is 11.9. The third kappa shape index (κ3) is 6.47. The number of carbonyl (C=O) groups excluding carboxylic acids is 3. The molecule has 3 rings (SSSR count). The molecule has 0 bridgehead atoms. The standard InChI is InChI=1S/C20H20ClNO6S/c21-18-5-4-17(29-18)14(23)2-6-20(25)28-12-19(24)22-8-7-13-1-3-15-16(11-13)27-10-9-26-15/h1,3-5,11H,2,6-10,12H2,(H,22,24). The number of thiophene rings is 1. The van der Waals surface area contributed by atoms with Gasteiger partial charge in [0.15, 0.2) is 23.9 Å². The first-order valence-corrected chi connectivity index (χ1v) is 10.3. The van der Waals surface area contributed by atoms with E-state index < -0.39 is 11.9 Å². The van der Waals surface area contributed by atoms with Gasteiger partial charge in [0.05, 0.1) is 15.6 Å². The highest BCUT2D eigenvalue weighted by atomic mass is 35.5. The van der Waals surface area contributed by atoms with Crippen molar-refractivity contribution in [3.05, 3.63) is 45.1 Å². The molecule has 0 saturated heterocycles. The summed E-state index contributed by atoms with van der Waals surface area (Å²) < 4.78 is 16.4. The van der Waals surface area contributed by atoms with Gasteiger partial charge < -0.3 is 19.5 Å². The molecule has 1 aliphatic heterocycles. The van der Waals surface area contributed by atoms with Gasteiger partial charge in [0.2, 0.25) is 0 Å². The summed E-state index contributed by atoms with van der Waals surface area (Å²) in [5.41, 5.74) is 0.999. The van der Waals surface area contributed by atoms with E-state index in [1.807, 2.05) is 18.2 Å². The van der Waals surface area contributed by atoms with Crippen LogP contribution in [-0.2, 0) is 20.7 Å². The van der Waals surface area contributed by atoms with Crippen LogP contribution in [0.2, 0.25) is 4.34 Å². The monoisotopic (exact) mass is 437 g/mol. The van der Waals surface area contributed by atoms with Crippen LogP contribution in [0.5, 0.6) is 11.5 Å². The van der Waals surface area contributed by atoms with E-state index in [0.717, 1.165) is 11.3 Å². The Labute approximate surface area is 176 Å². The SMILES string of the molecule is O=C(COC(=O)CCC(=O)c1ccc(Cl)s1)NCCc1ccc2c(c1)OCCO2. The van der Waals surface area contributed by atoms with Crippen LogP contribution < -0.4 is 14.8 Å². The lowest BCUT2D eigenvalue weighted by Crippen LogP contribution is -2.30. The Morgan fingerprint density at radius 3 is 2.62 bits per heavy atom. The molecule has 29 heavy (non-hydrogen) atoms. The fourth-order valence-electron chi connectivity index (χ4n) is 2.66. The molecule has 1 amide bonds. The highest BCUT2D eigenvalue weighted by Gasteiger charge is 2.14. The minimum absolute atomic E-state index is 0.0153. The quantitative estimate of drug-likeness (QED) is 0.479. The fourth-order valence-corrected chi connectivity index (χ4v) is 3.67. The molecule has 1 aromatic carbocycles. The minimum Gasteiger partial charge on any atom is -0.486 e. The highest BCUT2D eigenvalue weighted by molar-refractivity contribution is 7.18. The third-order valence-corrected chi connectivity index (χ3v) is 5.38. The number of ketones is 1. The average molecular weight is 438 g/mol. The molecular weight excluding hydrogens is 418 g/mol. The maximum Gasteiger partial charge on any atom is 0.306 e. The number of carbonyl (C=O) groups is 3. The molecule has 0 unspecified atom stereocenters. The van der Waals surface area contributed by atoms with Crippen LogP contribution in [0.1, 0.15) is 28.1 Å². The van der Waals surface area contributed by atoms with Crippen molar-refractivity contribution < 1.29 is 28.6 Å². The molecule has 154 valence electrons. The summed E-state index contributed by atoms with van der Waals surface area (Å²) in [6.07, 6.45) is 0.536. The van der Waals surface area contributed by atoms with Gasteiger partial charge in [0.25, 0.3) is 5.91 Å². The van der Waals surface area contributed by atoms with E-state index in [1.54, 1.807) is 12.1 Å². The largest absolute Gasteiger partial charge is 0.486 e. The molecule has 7 nitrogen and oxygen atoms in total. The Balaban J connectivity index is 1.31. The summed E-state index contributed by atoms with van der Waals surface area (Å²) in [5.74, 6) is 0.253. The number of halogens is 1. The van der Waals surface area contributed by atoms with Gasteiger partial charge in [-0.1, -0.05) is 17.7 Å². The van der Waals surface area contributed by atoms with Crippen LogP contribution in [0.15, 0.2) is 30.3 Å². The van der Waals surface area contributed by atoms with Crippen molar-refractivity contribution in [2.75, 3.05) is 26.4 Å². The van der Waals surface area contributed by atoms with E-state index in [9.17, 15) is 14.4 Å². The molecular formula is C20H20ClNO6S. The predicted molar refractivity (Wildman–Crippen MR) is 108 cm³/mol. The Morgan fingerprint density at radius 1 is 1.07 bits per heavy atom. The Hall–Kier alpha value is -2.58. The molecule has 0 spiro atoms. The molecule has 0 aliphatic carbocycles. The first-order chi connectivity index (χ1) is 14.0. The highest BCUT2D eigenvalue weighted by Crippen LogP contribution is 2.30. The molecule has 1 aromatic heterocycles. The zero-order valence-electron chi connectivity index (χ0n) is 15.6. The lowest BCUT2D eigenvalue weighted by atomic mass is 10.1. The van der Waals surface area contributed by atoms with Crippen molar-refractivity contribution >= 4 is 40.6 Å². The molecule has 0 radical (unpaired) electrons. The second kappa shape index (κ2) is 10.3. The van der Waals surface area contributed by atoms with E-state index in [-0.39, 0.29) is 25.2 Å². The molecule has 0 fully saturated rings. The molecule has 9 heteroatoms. The van der Waals surface area contributed by atoms with Gasteiger partial charge in [-0.25, -0.2) is 0 Å². The van der Waals surface area contributed by atoms with E-state index in [0.29, 0.717) is 41.1 Å². The predicted octanol–water partition coefficient (Wildman–Crippen LogP) is 3.04. The number of fused-ring (bicyclic) bond motifs is 1. The normalized spacial score (nSPS) is 12.3. The fraction of sp³-hybridized carbons (Fsp3) is 0.350. The molecule has 1 N–H and O–H groups in total. The topological polar surface area (TPSA) is 90.9 Å². The van der Waals surface area contributed by atoms with Gasteiger partial charge in [0, 0.05) is 13.0 Å². The van der Waals surface area contributed by atoms with E-state index in [1.165, 1.54) is 11.3 Å². The zero-order valence-corrected chi connectivity index (χ0v) is 17.1. The average Bonchev–Trinajstić information content (AvgIpc) is 3.17. The summed E-state index contributed by atoms with van der Waals surface area (Å²) in [6.45, 7) is 1.08. The first kappa shape index (κ1) is 21.1. The third-order valence-electron chi connectivity index (χ3n) is 4.11. The zero-order chi connectivity index (χ0) is 20.6. The summed E-state index contributed by atoms with van der Waals surface area (Å²) in [7, 11) is 0. The number of hydrogen-bond donors (Lipinski definition) is 1. The van der Waals surface area contributed by atoms with Crippen molar-refractivity contribution in [2.24, 2.45) is 0 Å². The summed E-state index contributed by atoms with van der Waals surface area (Å²) in [5, 5.41) is 2.69. The first-order valence-electron chi connectivity index (χ1n) is 9.10. The lowest BCUT2D eigenvalue weighted by Gasteiger charge is -2.18. The van der Waals surface area contributed by atoms with E-state index >= 15 is 0 Å². The Morgan fingerprint density at radius 2 is 1.86 bits per heavy atom. The second-order valence-corrected chi connectivity index (χ2v) is 7.98. The molecule has 0 saturated carbocycles. The van der Waals surface area contributed by atoms with Crippen molar-refractivity contribution in [1.29, 1.82) is 0 Å². The van der Waals surface area contributed by atoms with Crippen LogP contribution in [0.3, 0.4) is 0 Å². The van der Waals surface area contributed by atoms with Crippen molar-refractivity contribution in [2.45, 2.75) is 19.3 Å². The van der Waals surface area contributed by atoms with Gasteiger partial charge in [-0.3, -0.25) is 14.4 Å². The van der Waals surface area contributed by atoms with Crippen molar-refractivity contribution in [3.8, 4) is 11.5 Å². The number of ether oxygens (including phenoxy) is 3. The van der Waals surface area contributed by atoms with E-state index in [2.05, 4.69) is 5.32 Å². The number of hydrogen-bond acceptors (Lipinski definition) is 7. The van der Waals surface area contributed by atoms with Gasteiger partial charge in [-0.2, -0.15) is 0 Å². The van der Waals surface area contributed by atoms with Crippen LogP contribution in [0.25, 0.3) is 0 Å². The molecule has 0 atom stereocenters. The van der Waals surface area contributed by atoms with Crippen molar-refractivity contribution in [3.63, 3.8) is 0 Å². The molecule has 1 aliphatic rings. The lowest BCUT2D eigenvalue weighted by molar-refractivity contribution is -0.148. The second-order valence-electron chi connectivity index (χ2n) is 6.27. The Bertz CT molecular complexity index is 897. The number of benzene rings is 1. The molecule has 2 aromatic rings. The van der Waals surface area contributed by atoms with Crippen LogP contribution >= 0.6 is 22.9 Å². The summed E-state index contributed by atoms with van der Waals surface area (Å²) >= 11 is 6.95. The van der Waals surface area contributed by atoms with Crippen LogP contribution in [0, 0.1) is 0 Å². The Kier molecular flexibility index (Phi) is 7.48. The summed E-state index contributed by atoms with van der Waals surface area (Å²) in [6, 6.07) is 8.90. The van der Waals surface area contributed by atoms with Crippen LogP contribution in [0.4, 0.5) is 0 Å². The number of nitrogens with one attached hydrogen (secondary N) is 1. The number of rotatable bonds is 9. The van der Waals surface area contributed by atoms with Gasteiger partial charge in [-0.05, 0) is 36.2 Å². The maximum absolute atomic E-state index is 11.9. The van der Waals surface area contributed by atoms with Gasteiger partial charge in [-0.15, -0.1) is 11.3 Å². The van der Waals surface area contributed by atoms with Crippen LogP contribution in [-0.4, -0.2) is 44.0 Å². The van der Waals surface area contributed by atoms with Gasteiger partial charge in [0.1, 0.15) is 13.2 Å². The van der Waals surface area contributed by atoms with Gasteiger partial charge >= 0.3 is 5.97 Å². The minimum atomic E-state index is -0.594. The number of amides is 1. The smallest absolute Gasteiger partial charge is 0.306 e. The number of Topliss-reactive ketones (excluding diaryl/α,β-unsaturated/α-hetero) is 1. The number of esters is 1. The van der Waals surface area contributed by atoms with E-state index in [4.69, 9.17) is 25.8 Å². The van der Waals surface area contributed by atoms with Crippen molar-refractivity contribution in [1.82, 2.24) is 5.32 Å².